The highest BCUT2D eigenvalue weighted by atomic mass is 16.7. The molecule has 2 aromatic rings. The number of hydrogen-bond acceptors (Lipinski definition) is 7. The zero-order chi connectivity index (χ0) is 22.3. The Labute approximate surface area is 180 Å². The maximum Gasteiger partial charge on any atom is 0.303 e. The van der Waals surface area contributed by atoms with Gasteiger partial charge in [0.25, 0.3) is 0 Å². The summed E-state index contributed by atoms with van der Waals surface area (Å²) >= 11 is 0. The molecule has 2 aliphatic heterocycles. The Bertz CT molecular complexity index is 998. The summed E-state index contributed by atoms with van der Waals surface area (Å²) in [5, 5.41) is 10.8. The molecule has 31 heavy (non-hydrogen) atoms. The zero-order valence-corrected chi connectivity index (χ0v) is 18.0. The lowest BCUT2D eigenvalue weighted by molar-refractivity contribution is -0.160. The number of carbonyl (C=O) groups excluding carboxylic acids is 2. The summed E-state index contributed by atoms with van der Waals surface area (Å²) in [6.07, 6.45) is -2.37. The molecule has 1 saturated heterocycles. The molecule has 2 heterocycles. The number of ketones is 1. The van der Waals surface area contributed by atoms with E-state index in [0.717, 1.165) is 5.56 Å². The zero-order valence-electron chi connectivity index (χ0n) is 18.0. The lowest BCUT2D eigenvalue weighted by Gasteiger charge is -2.32. The van der Waals surface area contributed by atoms with E-state index in [0.29, 0.717) is 22.6 Å². The first-order valence-corrected chi connectivity index (χ1v) is 10.2. The molecule has 2 aromatic carbocycles. The van der Waals surface area contributed by atoms with Gasteiger partial charge in [-0.1, -0.05) is 30.3 Å². The molecular formula is C24H26O7. The molecule has 1 fully saturated rings. The lowest BCUT2D eigenvalue weighted by Crippen LogP contribution is -2.38. The van der Waals surface area contributed by atoms with E-state index in [-0.39, 0.29) is 12.2 Å². The minimum Gasteiger partial charge on any atom is -0.496 e. The van der Waals surface area contributed by atoms with Gasteiger partial charge in [-0.25, -0.2) is 0 Å². The molecule has 7 heteroatoms. The van der Waals surface area contributed by atoms with Crippen molar-refractivity contribution < 1.29 is 33.6 Å². The maximum absolute atomic E-state index is 13.0. The number of fused-ring (bicyclic) bond motifs is 1. The summed E-state index contributed by atoms with van der Waals surface area (Å²) in [4.78, 5) is 24.8. The third-order valence-electron chi connectivity index (χ3n) is 5.85. The van der Waals surface area contributed by atoms with Gasteiger partial charge in [0, 0.05) is 12.5 Å². The van der Waals surface area contributed by atoms with E-state index in [9.17, 15) is 14.7 Å². The summed E-state index contributed by atoms with van der Waals surface area (Å²) in [6.45, 7) is 4.79. The minimum absolute atomic E-state index is 0.0734. The summed E-state index contributed by atoms with van der Waals surface area (Å²) in [7, 11) is 1.50. The number of methoxy groups -OCH3 is 1. The summed E-state index contributed by atoms with van der Waals surface area (Å²) < 4.78 is 23.2. The van der Waals surface area contributed by atoms with Crippen molar-refractivity contribution in [1.82, 2.24) is 0 Å². The van der Waals surface area contributed by atoms with Crippen molar-refractivity contribution >= 4 is 11.8 Å². The Morgan fingerprint density at radius 2 is 1.87 bits per heavy atom. The second-order valence-corrected chi connectivity index (χ2v) is 8.37. The Balaban J connectivity index is 1.86. The predicted octanol–water partition coefficient (Wildman–Crippen LogP) is 3.54. The molecule has 0 unspecified atom stereocenters. The van der Waals surface area contributed by atoms with Crippen molar-refractivity contribution in [1.29, 1.82) is 0 Å². The van der Waals surface area contributed by atoms with Crippen LogP contribution in [0.1, 0.15) is 60.7 Å². The highest BCUT2D eigenvalue weighted by molar-refractivity contribution is 6.01. The second-order valence-electron chi connectivity index (χ2n) is 8.37. The molecule has 0 aliphatic carbocycles. The molecule has 0 bridgehead atoms. The highest BCUT2D eigenvalue weighted by Crippen LogP contribution is 2.51. The minimum atomic E-state index is -1.28. The molecule has 4 atom stereocenters. The van der Waals surface area contributed by atoms with Crippen LogP contribution in [0.5, 0.6) is 11.5 Å². The van der Waals surface area contributed by atoms with E-state index in [1.165, 1.54) is 14.0 Å². The van der Waals surface area contributed by atoms with Crippen molar-refractivity contribution in [2.45, 2.75) is 57.2 Å². The van der Waals surface area contributed by atoms with Crippen molar-refractivity contribution in [2.24, 2.45) is 0 Å². The van der Waals surface area contributed by atoms with Gasteiger partial charge in [0.1, 0.15) is 29.3 Å². The standard InChI is InChI=1S/C24H26O7/c1-13(25)29-22-20(23(27)31-24(22,2)3)19-17(28-4)11-10-15-16(26)12-18(30-21(15)19)14-8-6-5-7-9-14/h5-11,18,20,22-23,27H,12H2,1-4H3/t18-,20+,22-,23-/m0/s1. The fourth-order valence-electron chi connectivity index (χ4n) is 4.46. The quantitative estimate of drug-likeness (QED) is 0.748. The van der Waals surface area contributed by atoms with Crippen LogP contribution in [0, 0.1) is 0 Å². The lowest BCUT2D eigenvalue weighted by atomic mass is 9.83. The van der Waals surface area contributed by atoms with Gasteiger partial charge < -0.3 is 24.1 Å². The van der Waals surface area contributed by atoms with Crippen LogP contribution >= 0.6 is 0 Å². The van der Waals surface area contributed by atoms with Crippen LogP contribution in [0.15, 0.2) is 42.5 Å². The largest absolute Gasteiger partial charge is 0.496 e. The van der Waals surface area contributed by atoms with Gasteiger partial charge in [0.05, 0.1) is 25.0 Å². The monoisotopic (exact) mass is 426 g/mol. The third kappa shape index (κ3) is 3.79. The summed E-state index contributed by atoms with van der Waals surface area (Å²) in [5.41, 5.74) is 0.774. The molecule has 164 valence electrons. The fourth-order valence-corrected chi connectivity index (χ4v) is 4.46. The van der Waals surface area contributed by atoms with Crippen molar-refractivity contribution in [2.75, 3.05) is 7.11 Å². The van der Waals surface area contributed by atoms with E-state index >= 15 is 0 Å². The van der Waals surface area contributed by atoms with E-state index in [1.54, 1.807) is 26.0 Å². The van der Waals surface area contributed by atoms with Gasteiger partial charge in [-0.05, 0) is 31.5 Å². The predicted molar refractivity (Wildman–Crippen MR) is 111 cm³/mol. The number of carbonyl (C=O) groups is 2. The molecule has 0 radical (unpaired) electrons. The number of benzene rings is 2. The molecule has 1 N–H and O–H groups in total. The number of ether oxygens (including phenoxy) is 4. The number of rotatable bonds is 4. The maximum atomic E-state index is 13.0. The topological polar surface area (TPSA) is 91.3 Å². The molecule has 0 amide bonds. The molecule has 4 rings (SSSR count). The van der Waals surface area contributed by atoms with Crippen molar-refractivity contribution in [3.8, 4) is 11.5 Å². The molecule has 7 nitrogen and oxygen atoms in total. The van der Waals surface area contributed by atoms with Crippen molar-refractivity contribution in [3.63, 3.8) is 0 Å². The second kappa shape index (κ2) is 7.98. The number of aliphatic hydroxyl groups excluding tert-OH is 1. The Hall–Kier alpha value is -2.90. The Kier molecular flexibility index (Phi) is 5.49. The van der Waals surface area contributed by atoms with Crippen molar-refractivity contribution in [3.05, 3.63) is 59.2 Å². The van der Waals surface area contributed by atoms with Gasteiger partial charge in [-0.2, -0.15) is 0 Å². The SMILES string of the molecule is COc1ccc2c(c1[C@H]1[C@@H](O)OC(C)(C)[C@H]1OC(C)=O)O[C@H](c1ccccc1)CC2=O. The average molecular weight is 426 g/mol. The number of hydrogen-bond donors (Lipinski definition) is 1. The first kappa shape index (κ1) is 21.3. The van der Waals surface area contributed by atoms with Crippen LogP contribution in [0.2, 0.25) is 0 Å². The van der Waals surface area contributed by atoms with Crippen LogP contribution in [0.3, 0.4) is 0 Å². The van der Waals surface area contributed by atoms with E-state index in [4.69, 9.17) is 18.9 Å². The number of aliphatic hydroxyl groups is 1. The molecule has 2 aliphatic rings. The van der Waals surface area contributed by atoms with Crippen LogP contribution in [0.4, 0.5) is 0 Å². The first-order valence-electron chi connectivity index (χ1n) is 10.2. The van der Waals surface area contributed by atoms with Gasteiger partial charge in [-0.15, -0.1) is 0 Å². The van der Waals surface area contributed by atoms with E-state index in [1.807, 2.05) is 30.3 Å². The van der Waals surface area contributed by atoms with Gasteiger partial charge >= 0.3 is 5.97 Å². The fraction of sp³-hybridized carbons (Fsp3) is 0.417. The summed E-state index contributed by atoms with van der Waals surface area (Å²) in [5.74, 6) is -0.625. The average Bonchev–Trinajstić information content (AvgIpc) is 2.94. The third-order valence-corrected chi connectivity index (χ3v) is 5.85. The summed E-state index contributed by atoms with van der Waals surface area (Å²) in [6, 6.07) is 12.8. The van der Waals surface area contributed by atoms with Crippen LogP contribution < -0.4 is 9.47 Å². The molecule has 0 saturated carbocycles. The van der Waals surface area contributed by atoms with Gasteiger partial charge in [0.15, 0.2) is 12.1 Å². The Morgan fingerprint density at radius 1 is 1.16 bits per heavy atom. The van der Waals surface area contributed by atoms with Crippen LogP contribution in [0.25, 0.3) is 0 Å². The van der Waals surface area contributed by atoms with Gasteiger partial charge in [-0.3, -0.25) is 9.59 Å². The van der Waals surface area contributed by atoms with E-state index in [2.05, 4.69) is 0 Å². The molecular weight excluding hydrogens is 400 g/mol. The molecule has 0 aromatic heterocycles. The van der Waals surface area contributed by atoms with Crippen LogP contribution in [-0.4, -0.2) is 42.0 Å². The molecule has 0 spiro atoms. The van der Waals surface area contributed by atoms with Gasteiger partial charge in [0.2, 0.25) is 0 Å². The number of esters is 1. The first-order chi connectivity index (χ1) is 14.7. The Morgan fingerprint density at radius 3 is 2.52 bits per heavy atom. The number of Topliss-reactive ketones (excluding diaryl/α,β-unsaturated/α-hetero) is 1. The van der Waals surface area contributed by atoms with Crippen LogP contribution in [-0.2, 0) is 14.3 Å². The smallest absolute Gasteiger partial charge is 0.303 e. The normalized spacial score (nSPS) is 26.7. The van der Waals surface area contributed by atoms with E-state index < -0.39 is 36.0 Å². The highest BCUT2D eigenvalue weighted by Gasteiger charge is 2.54.